The molecule has 0 spiro atoms. The number of carboxylic acid groups (broad SMARTS) is 1. The zero-order valence-electron chi connectivity index (χ0n) is 10.3. The number of benzene rings is 2. The number of ether oxygens (including phenoxy) is 1. The first kappa shape index (κ1) is 12.2. The van der Waals surface area contributed by atoms with Gasteiger partial charge in [-0.3, -0.25) is 0 Å². The average Bonchev–Trinajstić information content (AvgIpc) is 2.38. The van der Waals surface area contributed by atoms with Crippen molar-refractivity contribution in [1.29, 1.82) is 0 Å². The van der Waals surface area contributed by atoms with Crippen LogP contribution in [0.4, 0.5) is 0 Å². The Labute approximate surface area is 106 Å². The van der Waals surface area contributed by atoms with Gasteiger partial charge in [-0.15, -0.1) is 0 Å². The summed E-state index contributed by atoms with van der Waals surface area (Å²) in [4.78, 5) is 10.8. The molecule has 0 aliphatic carbocycles. The van der Waals surface area contributed by atoms with E-state index in [1.165, 1.54) is 0 Å². The minimum Gasteiger partial charge on any atom is -0.497 e. The van der Waals surface area contributed by atoms with Gasteiger partial charge in [0.05, 0.1) is 12.7 Å². The Bertz CT molecular complexity index is 571. The first-order valence-corrected chi connectivity index (χ1v) is 5.60. The second-order valence-electron chi connectivity index (χ2n) is 4.06. The van der Waals surface area contributed by atoms with Gasteiger partial charge in [-0.05, 0) is 47.9 Å². The highest BCUT2D eigenvalue weighted by Crippen LogP contribution is 2.26. The van der Waals surface area contributed by atoms with Gasteiger partial charge in [0, 0.05) is 0 Å². The van der Waals surface area contributed by atoms with Crippen LogP contribution in [0.15, 0.2) is 42.5 Å². The fourth-order valence-corrected chi connectivity index (χ4v) is 1.88. The lowest BCUT2D eigenvalue weighted by molar-refractivity contribution is 0.0697. The maximum absolute atomic E-state index is 10.8. The van der Waals surface area contributed by atoms with Crippen LogP contribution < -0.4 is 4.74 Å². The third-order valence-corrected chi connectivity index (χ3v) is 2.88. The van der Waals surface area contributed by atoms with Crippen LogP contribution in [0.25, 0.3) is 11.1 Å². The predicted molar refractivity (Wildman–Crippen MR) is 70.1 cm³/mol. The zero-order valence-corrected chi connectivity index (χ0v) is 10.3. The van der Waals surface area contributed by atoms with Crippen molar-refractivity contribution in [1.82, 2.24) is 0 Å². The van der Waals surface area contributed by atoms with Crippen molar-refractivity contribution in [3.63, 3.8) is 0 Å². The van der Waals surface area contributed by atoms with Gasteiger partial charge in [0.1, 0.15) is 5.75 Å². The Morgan fingerprint density at radius 3 is 2.28 bits per heavy atom. The molecule has 92 valence electrons. The molecule has 0 aromatic heterocycles. The molecular weight excluding hydrogens is 228 g/mol. The summed E-state index contributed by atoms with van der Waals surface area (Å²) in [7, 11) is 1.64. The topological polar surface area (TPSA) is 46.5 Å². The number of methoxy groups -OCH3 is 1. The van der Waals surface area contributed by atoms with Crippen LogP contribution in [0.3, 0.4) is 0 Å². The minimum absolute atomic E-state index is 0.296. The maximum atomic E-state index is 10.8. The third-order valence-electron chi connectivity index (χ3n) is 2.88. The molecule has 0 amide bonds. The van der Waals surface area contributed by atoms with Crippen molar-refractivity contribution in [2.24, 2.45) is 0 Å². The molecule has 0 heterocycles. The highest BCUT2D eigenvalue weighted by atomic mass is 16.5. The summed E-state index contributed by atoms with van der Waals surface area (Å²) in [5, 5.41) is 8.85. The van der Waals surface area contributed by atoms with Crippen LogP contribution in [-0.2, 0) is 0 Å². The molecule has 0 bridgehead atoms. The van der Waals surface area contributed by atoms with Gasteiger partial charge in [0.15, 0.2) is 0 Å². The van der Waals surface area contributed by atoms with E-state index in [-0.39, 0.29) is 0 Å². The van der Waals surface area contributed by atoms with E-state index in [0.29, 0.717) is 5.56 Å². The highest BCUT2D eigenvalue weighted by molar-refractivity contribution is 5.88. The smallest absolute Gasteiger partial charge is 0.335 e. The van der Waals surface area contributed by atoms with Crippen LogP contribution in [-0.4, -0.2) is 18.2 Å². The van der Waals surface area contributed by atoms with Crippen molar-refractivity contribution < 1.29 is 14.6 Å². The molecule has 0 saturated carbocycles. The molecule has 0 aliphatic rings. The molecule has 3 heteroatoms. The molecule has 0 atom stereocenters. The highest BCUT2D eigenvalue weighted by Gasteiger charge is 2.05. The number of aryl methyl sites for hydroxylation is 1. The lowest BCUT2D eigenvalue weighted by Gasteiger charge is -2.08. The molecular formula is C15H14O3. The molecule has 2 rings (SSSR count). The number of rotatable bonds is 3. The summed E-state index contributed by atoms with van der Waals surface area (Å²) in [6.07, 6.45) is 0. The molecule has 2 aromatic rings. The quantitative estimate of drug-likeness (QED) is 0.897. The van der Waals surface area contributed by atoms with E-state index in [9.17, 15) is 4.79 Å². The van der Waals surface area contributed by atoms with E-state index in [1.54, 1.807) is 19.2 Å². The number of carboxylic acids is 1. The Morgan fingerprint density at radius 2 is 1.78 bits per heavy atom. The van der Waals surface area contributed by atoms with E-state index >= 15 is 0 Å². The first-order valence-electron chi connectivity index (χ1n) is 5.60. The van der Waals surface area contributed by atoms with E-state index in [2.05, 4.69) is 0 Å². The van der Waals surface area contributed by atoms with Gasteiger partial charge in [0.2, 0.25) is 0 Å². The fraction of sp³-hybridized carbons (Fsp3) is 0.133. The predicted octanol–water partition coefficient (Wildman–Crippen LogP) is 3.37. The maximum Gasteiger partial charge on any atom is 0.335 e. The van der Waals surface area contributed by atoms with Gasteiger partial charge in [0.25, 0.3) is 0 Å². The monoisotopic (exact) mass is 242 g/mol. The lowest BCUT2D eigenvalue weighted by Crippen LogP contribution is -1.95. The van der Waals surface area contributed by atoms with Crippen molar-refractivity contribution in [3.8, 4) is 16.9 Å². The molecule has 0 saturated heterocycles. The molecule has 0 fully saturated rings. The van der Waals surface area contributed by atoms with Crippen LogP contribution in [0.5, 0.6) is 5.75 Å². The summed E-state index contributed by atoms with van der Waals surface area (Å²) in [5.41, 5.74) is 3.47. The van der Waals surface area contributed by atoms with Crippen LogP contribution >= 0.6 is 0 Å². The van der Waals surface area contributed by atoms with Crippen LogP contribution in [0.1, 0.15) is 15.9 Å². The van der Waals surface area contributed by atoms with Crippen LogP contribution in [0, 0.1) is 6.92 Å². The first-order chi connectivity index (χ1) is 8.61. The molecule has 0 unspecified atom stereocenters. The Kier molecular flexibility index (Phi) is 3.33. The second-order valence-corrected chi connectivity index (χ2v) is 4.06. The van der Waals surface area contributed by atoms with Gasteiger partial charge in [-0.25, -0.2) is 4.79 Å². The SMILES string of the molecule is COc1ccc(-c2ccc(C(=O)O)cc2)c(C)c1. The fourth-order valence-electron chi connectivity index (χ4n) is 1.88. The Morgan fingerprint density at radius 1 is 1.11 bits per heavy atom. The van der Waals surface area contributed by atoms with Crippen molar-refractivity contribution in [2.75, 3.05) is 7.11 Å². The van der Waals surface area contributed by atoms with Crippen molar-refractivity contribution in [3.05, 3.63) is 53.6 Å². The summed E-state index contributed by atoms with van der Waals surface area (Å²) in [5.74, 6) is -0.0913. The number of aromatic carboxylic acids is 1. The van der Waals surface area contributed by atoms with Gasteiger partial charge in [-0.1, -0.05) is 18.2 Å². The van der Waals surface area contributed by atoms with E-state index in [1.807, 2.05) is 37.3 Å². The van der Waals surface area contributed by atoms with Gasteiger partial charge >= 0.3 is 5.97 Å². The number of hydrogen-bond acceptors (Lipinski definition) is 2. The molecule has 18 heavy (non-hydrogen) atoms. The van der Waals surface area contributed by atoms with Crippen LogP contribution in [0.2, 0.25) is 0 Å². The molecule has 3 nitrogen and oxygen atoms in total. The lowest BCUT2D eigenvalue weighted by atomic mass is 9.99. The molecule has 1 N–H and O–H groups in total. The number of carbonyl (C=O) groups is 1. The second kappa shape index (κ2) is 4.92. The van der Waals surface area contributed by atoms with Gasteiger partial charge < -0.3 is 9.84 Å². The van der Waals surface area contributed by atoms with Gasteiger partial charge in [-0.2, -0.15) is 0 Å². The number of hydrogen-bond donors (Lipinski definition) is 1. The standard InChI is InChI=1S/C15H14O3/c1-10-9-13(18-2)7-8-14(10)11-3-5-12(6-4-11)15(16)17/h3-9H,1-2H3,(H,16,17). The summed E-state index contributed by atoms with van der Waals surface area (Å²) in [6.45, 7) is 2.00. The Balaban J connectivity index is 2.39. The normalized spacial score (nSPS) is 10.1. The summed E-state index contributed by atoms with van der Waals surface area (Å²) >= 11 is 0. The molecule has 0 radical (unpaired) electrons. The van der Waals surface area contributed by atoms with E-state index in [4.69, 9.17) is 9.84 Å². The van der Waals surface area contributed by atoms with E-state index in [0.717, 1.165) is 22.4 Å². The zero-order chi connectivity index (χ0) is 13.1. The molecule has 2 aromatic carbocycles. The summed E-state index contributed by atoms with van der Waals surface area (Å²) in [6, 6.07) is 12.7. The minimum atomic E-state index is -0.909. The van der Waals surface area contributed by atoms with Crippen molar-refractivity contribution >= 4 is 5.97 Å². The third kappa shape index (κ3) is 2.35. The Hall–Kier alpha value is -2.29. The summed E-state index contributed by atoms with van der Waals surface area (Å²) < 4.78 is 5.16. The average molecular weight is 242 g/mol. The largest absolute Gasteiger partial charge is 0.497 e. The van der Waals surface area contributed by atoms with E-state index < -0.39 is 5.97 Å². The van der Waals surface area contributed by atoms with Crippen molar-refractivity contribution in [2.45, 2.75) is 6.92 Å². The molecule has 0 aliphatic heterocycles.